The first-order valence-corrected chi connectivity index (χ1v) is 8.60. The standard InChI is InChI=1S/C14H18N4O2S/c1-11-4-2-3-5-12(11)9-21(19,20)17-13-6-7-14-15-10-16-18(14)8-13/h2-5,10,13,17H,6-9H2,1H3. The molecular formula is C14H18N4O2S. The van der Waals surface area contributed by atoms with Gasteiger partial charge in [-0.25, -0.2) is 22.8 Å². The fourth-order valence-electron chi connectivity index (χ4n) is 2.61. The number of hydrogen-bond donors (Lipinski definition) is 1. The largest absolute Gasteiger partial charge is 0.248 e. The monoisotopic (exact) mass is 306 g/mol. The van der Waals surface area contributed by atoms with E-state index in [1.54, 1.807) is 4.68 Å². The van der Waals surface area contributed by atoms with Crippen LogP contribution in [0.3, 0.4) is 0 Å². The summed E-state index contributed by atoms with van der Waals surface area (Å²) in [4.78, 5) is 4.14. The van der Waals surface area contributed by atoms with E-state index >= 15 is 0 Å². The highest BCUT2D eigenvalue weighted by atomic mass is 32.2. The number of nitrogens with zero attached hydrogens (tertiary/aromatic N) is 3. The molecule has 1 unspecified atom stereocenters. The van der Waals surface area contributed by atoms with Crippen LogP contribution in [0.25, 0.3) is 0 Å². The maximum absolute atomic E-state index is 12.3. The van der Waals surface area contributed by atoms with Crippen molar-refractivity contribution < 1.29 is 8.42 Å². The van der Waals surface area contributed by atoms with Gasteiger partial charge in [0.15, 0.2) is 0 Å². The van der Waals surface area contributed by atoms with Crippen LogP contribution in [0.5, 0.6) is 0 Å². The van der Waals surface area contributed by atoms with Crippen molar-refractivity contribution in [3.05, 3.63) is 47.5 Å². The summed E-state index contributed by atoms with van der Waals surface area (Å²) in [6.45, 7) is 2.47. The smallest absolute Gasteiger partial charge is 0.216 e. The van der Waals surface area contributed by atoms with Gasteiger partial charge in [-0.2, -0.15) is 5.10 Å². The average Bonchev–Trinajstić information content (AvgIpc) is 2.88. The van der Waals surface area contributed by atoms with E-state index < -0.39 is 10.0 Å². The molecular weight excluding hydrogens is 288 g/mol. The van der Waals surface area contributed by atoms with Crippen LogP contribution in [-0.4, -0.2) is 29.2 Å². The molecule has 0 amide bonds. The van der Waals surface area contributed by atoms with Gasteiger partial charge in [-0.1, -0.05) is 24.3 Å². The van der Waals surface area contributed by atoms with Gasteiger partial charge in [0.25, 0.3) is 0 Å². The minimum Gasteiger partial charge on any atom is -0.248 e. The quantitative estimate of drug-likeness (QED) is 0.915. The van der Waals surface area contributed by atoms with Crippen molar-refractivity contribution >= 4 is 10.0 Å². The van der Waals surface area contributed by atoms with Crippen molar-refractivity contribution in [3.8, 4) is 0 Å². The summed E-state index contributed by atoms with van der Waals surface area (Å²) in [6, 6.07) is 7.43. The van der Waals surface area contributed by atoms with Gasteiger partial charge in [0, 0.05) is 12.5 Å². The Labute approximate surface area is 124 Å². The molecule has 1 aromatic heterocycles. The van der Waals surface area contributed by atoms with Crippen LogP contribution in [0.4, 0.5) is 0 Å². The van der Waals surface area contributed by atoms with E-state index in [0.717, 1.165) is 29.8 Å². The zero-order chi connectivity index (χ0) is 14.9. The molecule has 1 aliphatic heterocycles. The van der Waals surface area contributed by atoms with Crippen molar-refractivity contribution in [1.82, 2.24) is 19.5 Å². The fraction of sp³-hybridized carbons (Fsp3) is 0.429. The van der Waals surface area contributed by atoms with Crippen LogP contribution in [0, 0.1) is 6.92 Å². The highest BCUT2D eigenvalue weighted by Crippen LogP contribution is 2.15. The maximum Gasteiger partial charge on any atom is 0.216 e. The molecule has 1 N–H and O–H groups in total. The first-order chi connectivity index (χ1) is 10.0. The Morgan fingerprint density at radius 1 is 1.38 bits per heavy atom. The van der Waals surface area contributed by atoms with Crippen molar-refractivity contribution in [3.63, 3.8) is 0 Å². The number of aryl methyl sites for hydroxylation is 2. The van der Waals surface area contributed by atoms with Crippen molar-refractivity contribution in [2.24, 2.45) is 0 Å². The van der Waals surface area contributed by atoms with Gasteiger partial charge in [0.2, 0.25) is 10.0 Å². The second kappa shape index (κ2) is 5.57. The normalized spacial score (nSPS) is 18.4. The Morgan fingerprint density at radius 3 is 3.00 bits per heavy atom. The van der Waals surface area contributed by atoms with Crippen molar-refractivity contribution in [2.45, 2.75) is 38.1 Å². The minimum atomic E-state index is -3.35. The van der Waals surface area contributed by atoms with Crippen LogP contribution >= 0.6 is 0 Å². The lowest BCUT2D eigenvalue weighted by Gasteiger charge is -2.23. The topological polar surface area (TPSA) is 76.9 Å². The van der Waals surface area contributed by atoms with E-state index in [4.69, 9.17) is 0 Å². The summed E-state index contributed by atoms with van der Waals surface area (Å²) in [5.41, 5.74) is 1.83. The Morgan fingerprint density at radius 2 is 2.19 bits per heavy atom. The highest BCUT2D eigenvalue weighted by molar-refractivity contribution is 7.88. The molecule has 0 saturated heterocycles. The fourth-order valence-corrected chi connectivity index (χ4v) is 4.12. The second-order valence-corrected chi connectivity index (χ2v) is 7.15. The Kier molecular flexibility index (Phi) is 3.77. The number of rotatable bonds is 4. The van der Waals surface area contributed by atoms with Gasteiger partial charge in [0.1, 0.15) is 12.2 Å². The molecule has 7 heteroatoms. The predicted molar refractivity (Wildman–Crippen MR) is 79.1 cm³/mol. The summed E-state index contributed by atoms with van der Waals surface area (Å²) in [5.74, 6) is 0.935. The zero-order valence-electron chi connectivity index (χ0n) is 11.9. The molecule has 0 bridgehead atoms. The number of nitrogens with one attached hydrogen (secondary N) is 1. The number of hydrogen-bond acceptors (Lipinski definition) is 4. The maximum atomic E-state index is 12.3. The number of benzene rings is 1. The minimum absolute atomic E-state index is 0.0143. The predicted octanol–water partition coefficient (Wildman–Crippen LogP) is 1.02. The van der Waals surface area contributed by atoms with Gasteiger partial charge >= 0.3 is 0 Å². The van der Waals surface area contributed by atoms with E-state index in [2.05, 4.69) is 14.8 Å². The third-order valence-corrected chi connectivity index (χ3v) is 5.14. The molecule has 3 rings (SSSR count). The molecule has 1 aliphatic rings. The number of aromatic nitrogens is 3. The molecule has 0 spiro atoms. The van der Waals surface area contributed by atoms with Gasteiger partial charge in [-0.3, -0.25) is 0 Å². The van der Waals surface area contributed by atoms with Gasteiger partial charge < -0.3 is 0 Å². The van der Waals surface area contributed by atoms with E-state index in [0.29, 0.717) is 6.54 Å². The van der Waals surface area contributed by atoms with Crippen LogP contribution in [-0.2, 0) is 28.7 Å². The third-order valence-electron chi connectivity index (χ3n) is 3.76. The average molecular weight is 306 g/mol. The molecule has 2 aromatic rings. The summed E-state index contributed by atoms with van der Waals surface area (Å²) in [6.07, 6.45) is 3.02. The summed E-state index contributed by atoms with van der Waals surface area (Å²) >= 11 is 0. The molecule has 112 valence electrons. The van der Waals surface area contributed by atoms with E-state index in [-0.39, 0.29) is 11.8 Å². The van der Waals surface area contributed by atoms with Crippen molar-refractivity contribution in [2.75, 3.05) is 0 Å². The van der Waals surface area contributed by atoms with Gasteiger partial charge in [-0.05, 0) is 24.5 Å². The highest BCUT2D eigenvalue weighted by Gasteiger charge is 2.24. The zero-order valence-corrected chi connectivity index (χ0v) is 12.7. The Hall–Kier alpha value is -1.73. The lowest BCUT2D eigenvalue weighted by molar-refractivity contribution is 0.395. The SMILES string of the molecule is Cc1ccccc1CS(=O)(=O)NC1CCc2ncnn2C1. The van der Waals surface area contributed by atoms with Gasteiger partial charge in [-0.15, -0.1) is 0 Å². The molecule has 0 aliphatic carbocycles. The lowest BCUT2D eigenvalue weighted by Crippen LogP contribution is -2.41. The molecule has 2 heterocycles. The molecule has 0 saturated carbocycles. The molecule has 1 atom stereocenters. The molecule has 1 aromatic carbocycles. The van der Waals surface area contributed by atoms with Crippen LogP contribution in [0.1, 0.15) is 23.4 Å². The van der Waals surface area contributed by atoms with Crippen LogP contribution in [0.2, 0.25) is 0 Å². The van der Waals surface area contributed by atoms with E-state index in [1.807, 2.05) is 31.2 Å². The first-order valence-electron chi connectivity index (χ1n) is 6.95. The van der Waals surface area contributed by atoms with E-state index in [9.17, 15) is 8.42 Å². The summed E-state index contributed by atoms with van der Waals surface area (Å²) in [5, 5.41) is 4.11. The summed E-state index contributed by atoms with van der Waals surface area (Å²) in [7, 11) is -3.35. The third kappa shape index (κ3) is 3.30. The lowest BCUT2D eigenvalue weighted by atomic mass is 10.1. The summed E-state index contributed by atoms with van der Waals surface area (Å²) < 4.78 is 29.2. The molecule has 6 nitrogen and oxygen atoms in total. The number of fused-ring (bicyclic) bond motifs is 1. The molecule has 21 heavy (non-hydrogen) atoms. The second-order valence-electron chi connectivity index (χ2n) is 5.40. The Balaban J connectivity index is 1.69. The van der Waals surface area contributed by atoms with Gasteiger partial charge in [0.05, 0.1) is 12.3 Å². The number of sulfonamides is 1. The Bertz CT molecular complexity index is 739. The van der Waals surface area contributed by atoms with Crippen LogP contribution in [0.15, 0.2) is 30.6 Å². The van der Waals surface area contributed by atoms with Crippen molar-refractivity contribution in [1.29, 1.82) is 0 Å². The van der Waals surface area contributed by atoms with Crippen LogP contribution < -0.4 is 4.72 Å². The van der Waals surface area contributed by atoms with E-state index in [1.165, 1.54) is 6.33 Å². The first kappa shape index (κ1) is 14.2. The molecule has 0 radical (unpaired) electrons. The molecule has 0 fully saturated rings.